The number of nitrogens with one attached hydrogen (secondary N) is 1. The van der Waals surface area contributed by atoms with Crippen molar-refractivity contribution in [3.05, 3.63) is 47.3 Å². The quantitative estimate of drug-likeness (QED) is 0.934. The number of sulfonamides is 1. The Bertz CT molecular complexity index is 670. The van der Waals surface area contributed by atoms with Crippen molar-refractivity contribution >= 4 is 27.0 Å². The number of para-hydroxylation sites is 1. The van der Waals surface area contributed by atoms with E-state index in [2.05, 4.69) is 4.72 Å². The van der Waals surface area contributed by atoms with Crippen LogP contribution in [0.5, 0.6) is 0 Å². The van der Waals surface area contributed by atoms with Gasteiger partial charge in [-0.2, -0.15) is 5.26 Å². The van der Waals surface area contributed by atoms with Gasteiger partial charge in [0.1, 0.15) is 4.21 Å². The average molecular weight is 278 g/mol. The molecule has 1 heterocycles. The van der Waals surface area contributed by atoms with E-state index in [1.165, 1.54) is 0 Å². The van der Waals surface area contributed by atoms with Gasteiger partial charge < -0.3 is 0 Å². The minimum absolute atomic E-state index is 0.170. The van der Waals surface area contributed by atoms with Crippen LogP contribution in [0, 0.1) is 11.3 Å². The fourth-order valence-corrected chi connectivity index (χ4v) is 3.56. The maximum atomic E-state index is 12.0. The molecule has 18 heavy (non-hydrogen) atoms. The van der Waals surface area contributed by atoms with Crippen LogP contribution < -0.4 is 4.72 Å². The number of nitriles is 1. The van der Waals surface area contributed by atoms with Crippen molar-refractivity contribution < 1.29 is 8.42 Å². The normalized spacial score (nSPS) is 10.8. The number of benzene rings is 1. The number of rotatable bonds is 4. The van der Waals surface area contributed by atoms with Gasteiger partial charge in [0.05, 0.1) is 18.2 Å². The predicted octanol–water partition coefficient (Wildman–Crippen LogP) is 2.61. The molecule has 2 aromatic rings. The highest BCUT2D eigenvalue weighted by atomic mass is 32.2. The molecule has 92 valence electrons. The summed E-state index contributed by atoms with van der Waals surface area (Å²) in [5.41, 5.74) is 1.12. The Kier molecular flexibility index (Phi) is 3.65. The summed E-state index contributed by atoms with van der Waals surface area (Å²) in [6.07, 6.45) is 0.170. The monoisotopic (exact) mass is 278 g/mol. The Labute approximate surface area is 110 Å². The second kappa shape index (κ2) is 5.21. The molecule has 2 rings (SSSR count). The zero-order valence-electron chi connectivity index (χ0n) is 9.33. The van der Waals surface area contributed by atoms with Crippen LogP contribution in [0.25, 0.3) is 0 Å². The molecule has 4 nitrogen and oxygen atoms in total. The maximum Gasteiger partial charge on any atom is 0.271 e. The van der Waals surface area contributed by atoms with Gasteiger partial charge in [-0.3, -0.25) is 4.72 Å². The Morgan fingerprint density at radius 1 is 1.22 bits per heavy atom. The van der Waals surface area contributed by atoms with E-state index >= 15 is 0 Å². The highest BCUT2D eigenvalue weighted by Gasteiger charge is 2.16. The predicted molar refractivity (Wildman–Crippen MR) is 70.9 cm³/mol. The third-order valence-electron chi connectivity index (χ3n) is 2.29. The van der Waals surface area contributed by atoms with Gasteiger partial charge in [0.15, 0.2) is 0 Å². The molecule has 0 unspecified atom stereocenters. The topological polar surface area (TPSA) is 70.0 Å². The van der Waals surface area contributed by atoms with E-state index in [1.54, 1.807) is 41.8 Å². The van der Waals surface area contributed by atoms with E-state index in [1.807, 2.05) is 6.07 Å². The van der Waals surface area contributed by atoms with Crippen molar-refractivity contribution in [3.63, 3.8) is 0 Å². The van der Waals surface area contributed by atoms with Gasteiger partial charge in [0.2, 0.25) is 0 Å². The number of nitrogens with zero attached hydrogens (tertiary/aromatic N) is 1. The number of hydrogen-bond donors (Lipinski definition) is 1. The Morgan fingerprint density at radius 3 is 2.67 bits per heavy atom. The Morgan fingerprint density at radius 2 is 2.00 bits per heavy atom. The molecular weight excluding hydrogens is 268 g/mol. The molecule has 0 saturated heterocycles. The minimum Gasteiger partial charge on any atom is -0.279 e. The first-order chi connectivity index (χ1) is 8.63. The van der Waals surface area contributed by atoms with Gasteiger partial charge >= 0.3 is 0 Å². The summed E-state index contributed by atoms with van der Waals surface area (Å²) in [5.74, 6) is 0. The van der Waals surface area contributed by atoms with Crippen molar-refractivity contribution in [1.82, 2.24) is 0 Å². The standard InChI is InChI=1S/C12H10N2O2S2/c13-8-7-10-4-1-2-5-11(10)14-18(15,16)12-6-3-9-17-12/h1-6,9,14H,7H2. The molecule has 0 aliphatic rings. The van der Waals surface area contributed by atoms with Crippen molar-refractivity contribution in [1.29, 1.82) is 5.26 Å². The first kappa shape index (κ1) is 12.6. The van der Waals surface area contributed by atoms with E-state index in [-0.39, 0.29) is 10.6 Å². The molecule has 0 saturated carbocycles. The second-order valence-electron chi connectivity index (χ2n) is 3.53. The number of anilines is 1. The van der Waals surface area contributed by atoms with Crippen LogP contribution >= 0.6 is 11.3 Å². The molecule has 0 spiro atoms. The molecule has 0 amide bonds. The summed E-state index contributed by atoms with van der Waals surface area (Å²) >= 11 is 1.15. The van der Waals surface area contributed by atoms with Gasteiger partial charge in [0.25, 0.3) is 10.0 Å². The third-order valence-corrected chi connectivity index (χ3v) is 5.05. The van der Waals surface area contributed by atoms with Gasteiger partial charge in [0, 0.05) is 0 Å². The van der Waals surface area contributed by atoms with E-state index in [9.17, 15) is 8.42 Å². The van der Waals surface area contributed by atoms with E-state index in [0.29, 0.717) is 11.3 Å². The van der Waals surface area contributed by atoms with E-state index in [0.717, 1.165) is 11.3 Å². The summed E-state index contributed by atoms with van der Waals surface area (Å²) in [6.45, 7) is 0. The Hall–Kier alpha value is -1.84. The van der Waals surface area contributed by atoms with Crippen molar-refractivity contribution in [3.8, 4) is 6.07 Å². The van der Waals surface area contributed by atoms with Crippen LogP contribution in [0.2, 0.25) is 0 Å². The number of hydrogen-bond acceptors (Lipinski definition) is 4. The van der Waals surface area contributed by atoms with E-state index in [4.69, 9.17) is 5.26 Å². The molecular formula is C12H10N2O2S2. The molecule has 0 fully saturated rings. The summed E-state index contributed by atoms with van der Waals surface area (Å²) in [7, 11) is -3.55. The molecule has 6 heteroatoms. The van der Waals surface area contributed by atoms with Gasteiger partial charge in [-0.25, -0.2) is 8.42 Å². The smallest absolute Gasteiger partial charge is 0.271 e. The van der Waals surface area contributed by atoms with Crippen LogP contribution in [-0.4, -0.2) is 8.42 Å². The van der Waals surface area contributed by atoms with Crippen LogP contribution in [-0.2, 0) is 16.4 Å². The molecule has 1 aromatic heterocycles. The highest BCUT2D eigenvalue weighted by Crippen LogP contribution is 2.22. The maximum absolute atomic E-state index is 12.0. The summed E-state index contributed by atoms with van der Waals surface area (Å²) in [4.78, 5) is 0. The molecule has 0 bridgehead atoms. The summed E-state index contributed by atoms with van der Waals surface area (Å²) in [5, 5.41) is 10.4. The van der Waals surface area contributed by atoms with Crippen molar-refractivity contribution in [2.75, 3.05) is 4.72 Å². The lowest BCUT2D eigenvalue weighted by atomic mass is 10.1. The first-order valence-electron chi connectivity index (χ1n) is 5.14. The van der Waals surface area contributed by atoms with Crippen LogP contribution in [0.4, 0.5) is 5.69 Å². The summed E-state index contributed by atoms with van der Waals surface area (Å²) < 4.78 is 26.8. The largest absolute Gasteiger partial charge is 0.279 e. The van der Waals surface area contributed by atoms with Crippen LogP contribution in [0.15, 0.2) is 46.0 Å². The summed E-state index contributed by atoms with van der Waals surface area (Å²) in [6, 6.07) is 12.1. The first-order valence-corrected chi connectivity index (χ1v) is 7.51. The molecule has 0 aliphatic heterocycles. The fourth-order valence-electron chi connectivity index (χ4n) is 1.47. The van der Waals surface area contributed by atoms with Gasteiger partial charge in [-0.05, 0) is 23.1 Å². The third kappa shape index (κ3) is 2.70. The van der Waals surface area contributed by atoms with Crippen molar-refractivity contribution in [2.45, 2.75) is 10.6 Å². The lowest BCUT2D eigenvalue weighted by Gasteiger charge is -2.09. The van der Waals surface area contributed by atoms with Crippen LogP contribution in [0.1, 0.15) is 5.56 Å². The van der Waals surface area contributed by atoms with Crippen molar-refractivity contribution in [2.24, 2.45) is 0 Å². The molecule has 1 N–H and O–H groups in total. The number of thiophene rings is 1. The SMILES string of the molecule is N#CCc1ccccc1NS(=O)(=O)c1cccs1. The molecule has 0 aliphatic carbocycles. The van der Waals surface area contributed by atoms with Crippen LogP contribution in [0.3, 0.4) is 0 Å². The second-order valence-corrected chi connectivity index (χ2v) is 6.39. The van der Waals surface area contributed by atoms with Gasteiger partial charge in [-0.15, -0.1) is 11.3 Å². The fraction of sp³-hybridized carbons (Fsp3) is 0.0833. The molecule has 1 aromatic carbocycles. The highest BCUT2D eigenvalue weighted by molar-refractivity contribution is 7.94. The van der Waals surface area contributed by atoms with E-state index < -0.39 is 10.0 Å². The minimum atomic E-state index is -3.55. The lowest BCUT2D eigenvalue weighted by Crippen LogP contribution is -2.12. The van der Waals surface area contributed by atoms with Gasteiger partial charge in [-0.1, -0.05) is 24.3 Å². The zero-order valence-corrected chi connectivity index (χ0v) is 11.0. The average Bonchev–Trinajstić information content (AvgIpc) is 2.86. The zero-order chi connectivity index (χ0) is 13.0. The lowest BCUT2D eigenvalue weighted by molar-refractivity contribution is 0.603. The Balaban J connectivity index is 2.33. The molecule has 0 radical (unpaired) electrons. The molecule has 0 atom stereocenters.